The van der Waals surface area contributed by atoms with Gasteiger partial charge in [-0.05, 0) is 42.6 Å². The molecule has 0 aliphatic carbocycles. The predicted molar refractivity (Wildman–Crippen MR) is 183 cm³/mol. The summed E-state index contributed by atoms with van der Waals surface area (Å²) in [5.41, 5.74) is 12.1. The molecule has 7 aromatic rings. The number of hydrogen-bond acceptors (Lipinski definition) is 4. The number of aryl methyl sites for hydroxylation is 3. The van der Waals surface area contributed by atoms with Crippen molar-refractivity contribution in [3.8, 4) is 28.3 Å². The molecule has 47 heavy (non-hydrogen) atoms. The molecule has 0 N–H and O–H groups in total. The largest absolute Gasteiger partial charge is 0.510 e. The first-order valence-corrected chi connectivity index (χ1v) is 15.4. The second-order valence-electron chi connectivity index (χ2n) is 11.9. The Kier molecular flexibility index (Phi) is 7.03. The van der Waals surface area contributed by atoms with Crippen LogP contribution in [-0.2, 0) is 28.1 Å². The van der Waals surface area contributed by atoms with Crippen LogP contribution in [0.5, 0.6) is 11.5 Å². The van der Waals surface area contributed by atoms with E-state index in [0.717, 1.165) is 39.5 Å². The van der Waals surface area contributed by atoms with Crippen molar-refractivity contribution in [3.05, 3.63) is 145 Å². The Morgan fingerprint density at radius 3 is 2.36 bits per heavy atom. The molecule has 0 atom stereocenters. The number of benzene rings is 5. The molecule has 9 rings (SSSR count). The standard InChI is InChI=1S/C39H28BN5O.Pt/c1-26-11-8-12-27(2)38(26)44-36-19-10-22-41-39(36)45-37-24-30(20-21-32(37)31-15-4-5-16-33(31)40(44)45)46-29-14-9-13-28(23-29)43-25-42(3)34-17-6-7-18-35(34)43;/h4-22H,1-3H3;/q-2;. The maximum atomic E-state index is 6.49. The molecule has 0 saturated heterocycles. The van der Waals surface area contributed by atoms with E-state index in [1.54, 1.807) is 0 Å². The zero-order valence-electron chi connectivity index (χ0n) is 26.0. The molecule has 8 heteroatoms. The van der Waals surface area contributed by atoms with E-state index in [9.17, 15) is 0 Å². The molecule has 0 bridgehead atoms. The van der Waals surface area contributed by atoms with Gasteiger partial charge in [0, 0.05) is 44.4 Å². The molecule has 0 fully saturated rings. The number of anilines is 4. The maximum absolute atomic E-state index is 6.49. The van der Waals surface area contributed by atoms with E-state index in [0.29, 0.717) is 11.5 Å². The van der Waals surface area contributed by atoms with Crippen LogP contribution in [0.3, 0.4) is 0 Å². The molecule has 2 aromatic heterocycles. The molecule has 6 nitrogen and oxygen atoms in total. The smallest absolute Gasteiger partial charge is 0.419 e. The molecule has 0 amide bonds. The fourth-order valence-corrected chi connectivity index (χ4v) is 7.08. The fraction of sp³-hybridized carbons (Fsp3) is 0.0769. The molecule has 2 aliphatic rings. The van der Waals surface area contributed by atoms with Crippen LogP contribution in [0.2, 0.25) is 0 Å². The van der Waals surface area contributed by atoms with Crippen molar-refractivity contribution in [3.63, 3.8) is 0 Å². The summed E-state index contributed by atoms with van der Waals surface area (Å²) in [6.45, 7) is 4.23. The second kappa shape index (κ2) is 11.3. The van der Waals surface area contributed by atoms with Gasteiger partial charge < -0.3 is 23.5 Å². The van der Waals surface area contributed by atoms with Crippen LogP contribution in [0.15, 0.2) is 115 Å². The van der Waals surface area contributed by atoms with Gasteiger partial charge in [-0.2, -0.15) is 18.2 Å². The van der Waals surface area contributed by atoms with Gasteiger partial charge in [-0.25, -0.2) is 4.98 Å². The molecular weight excluding hydrogens is 760 g/mol. The monoisotopic (exact) mass is 788 g/mol. The predicted octanol–water partition coefficient (Wildman–Crippen LogP) is 7.32. The Morgan fingerprint density at radius 2 is 1.49 bits per heavy atom. The first-order valence-electron chi connectivity index (χ1n) is 15.4. The SMILES string of the molecule is Cc1cccc(C)c1N1B2c3ccccc3-c3ccc(Oc4[c-]c(-n5[c-][n+](C)c6ccccc65)ccc4)[c-]c3N2c2ncccc21.[Pt]. The normalized spacial score (nSPS) is 12.7. The van der Waals surface area contributed by atoms with Gasteiger partial charge >= 0.3 is 6.98 Å². The number of hydrogen-bond donors (Lipinski definition) is 0. The van der Waals surface area contributed by atoms with E-state index < -0.39 is 0 Å². The zero-order valence-corrected chi connectivity index (χ0v) is 28.3. The molecule has 0 spiro atoms. The summed E-state index contributed by atoms with van der Waals surface area (Å²) in [5.74, 6) is 2.11. The summed E-state index contributed by atoms with van der Waals surface area (Å²) in [4.78, 5) is 9.69. The molecule has 4 heterocycles. The number of aromatic nitrogens is 3. The number of rotatable bonds is 4. The van der Waals surface area contributed by atoms with Crippen LogP contribution in [0.4, 0.5) is 22.9 Å². The molecule has 230 valence electrons. The average Bonchev–Trinajstić information content (AvgIpc) is 3.60. The van der Waals surface area contributed by atoms with E-state index >= 15 is 0 Å². The van der Waals surface area contributed by atoms with Gasteiger partial charge in [0.25, 0.3) is 0 Å². The summed E-state index contributed by atoms with van der Waals surface area (Å²) in [7, 11) is 2.00. The topological polar surface area (TPSA) is 37.4 Å². The first-order chi connectivity index (χ1) is 22.6. The van der Waals surface area contributed by atoms with E-state index in [1.165, 1.54) is 27.8 Å². The van der Waals surface area contributed by atoms with Gasteiger partial charge in [0.2, 0.25) is 6.33 Å². The Balaban J connectivity index is 0.00000324. The summed E-state index contributed by atoms with van der Waals surface area (Å²) in [6.07, 6.45) is 5.26. The number of nitrogens with zero attached hydrogens (tertiary/aromatic N) is 5. The van der Waals surface area contributed by atoms with Gasteiger partial charge in [-0.3, -0.25) is 0 Å². The summed E-state index contributed by atoms with van der Waals surface area (Å²) < 4.78 is 10.5. The molecular formula is C39H28BN5OPt-2. The Labute approximate surface area is 288 Å². The number of pyridine rings is 1. The van der Waals surface area contributed by atoms with Gasteiger partial charge in [-0.1, -0.05) is 83.7 Å². The quantitative estimate of drug-likeness (QED) is 0.107. The van der Waals surface area contributed by atoms with Crippen LogP contribution >= 0.6 is 0 Å². The van der Waals surface area contributed by atoms with Crippen LogP contribution in [0, 0.1) is 32.3 Å². The molecule has 0 radical (unpaired) electrons. The van der Waals surface area contributed by atoms with Crippen molar-refractivity contribution in [2.75, 3.05) is 9.62 Å². The molecule has 2 aliphatic heterocycles. The Hall–Kier alpha value is -5.13. The molecule has 0 saturated carbocycles. The number of fused-ring (bicyclic) bond motifs is 9. The second-order valence-corrected chi connectivity index (χ2v) is 11.9. The van der Waals surface area contributed by atoms with Crippen LogP contribution in [0.1, 0.15) is 11.1 Å². The summed E-state index contributed by atoms with van der Waals surface area (Å²) >= 11 is 0. The van der Waals surface area contributed by atoms with Crippen molar-refractivity contribution in [2.45, 2.75) is 13.8 Å². The summed E-state index contributed by atoms with van der Waals surface area (Å²) in [6, 6.07) is 44.7. The zero-order chi connectivity index (χ0) is 30.9. The van der Waals surface area contributed by atoms with Crippen molar-refractivity contribution in [2.24, 2.45) is 7.05 Å². The van der Waals surface area contributed by atoms with E-state index in [1.807, 2.05) is 64.8 Å². The first kappa shape index (κ1) is 29.3. The van der Waals surface area contributed by atoms with E-state index in [-0.39, 0.29) is 28.0 Å². The number of para-hydroxylation sites is 3. The van der Waals surface area contributed by atoms with Crippen LogP contribution < -0.4 is 24.4 Å². The van der Waals surface area contributed by atoms with Gasteiger partial charge in [0.15, 0.2) is 0 Å². The third-order valence-corrected chi connectivity index (χ3v) is 9.04. The maximum Gasteiger partial charge on any atom is 0.419 e. The van der Waals surface area contributed by atoms with E-state index in [4.69, 9.17) is 9.72 Å². The van der Waals surface area contributed by atoms with Gasteiger partial charge in [0.05, 0.1) is 23.8 Å². The number of ether oxygens (including phenoxy) is 1. The van der Waals surface area contributed by atoms with Crippen molar-refractivity contribution < 1.29 is 30.4 Å². The minimum atomic E-state index is -0.131. The summed E-state index contributed by atoms with van der Waals surface area (Å²) in [5, 5.41) is 0. The van der Waals surface area contributed by atoms with Gasteiger partial charge in [-0.15, -0.1) is 29.8 Å². The van der Waals surface area contributed by atoms with Crippen molar-refractivity contribution >= 4 is 46.4 Å². The van der Waals surface area contributed by atoms with Crippen LogP contribution in [0.25, 0.3) is 27.8 Å². The molecule has 0 unspecified atom stereocenters. The van der Waals surface area contributed by atoms with Crippen molar-refractivity contribution in [1.82, 2.24) is 9.55 Å². The van der Waals surface area contributed by atoms with Crippen LogP contribution in [-0.4, -0.2) is 16.5 Å². The third-order valence-electron chi connectivity index (χ3n) is 9.04. The third kappa shape index (κ3) is 4.52. The minimum absolute atomic E-state index is 0. The Morgan fingerprint density at radius 1 is 0.723 bits per heavy atom. The average molecular weight is 789 g/mol. The van der Waals surface area contributed by atoms with Gasteiger partial charge in [0.1, 0.15) is 5.82 Å². The minimum Gasteiger partial charge on any atom is -0.510 e. The Bertz CT molecular complexity index is 2320. The fourth-order valence-electron chi connectivity index (χ4n) is 7.08. The number of imidazole rings is 1. The van der Waals surface area contributed by atoms with E-state index in [2.05, 4.69) is 109 Å². The van der Waals surface area contributed by atoms with Crippen molar-refractivity contribution in [1.29, 1.82) is 0 Å². The molecule has 5 aromatic carbocycles.